The van der Waals surface area contributed by atoms with Crippen molar-refractivity contribution >= 4 is 16.7 Å². The Bertz CT molecular complexity index is 604. The van der Waals surface area contributed by atoms with E-state index in [1.54, 1.807) is 0 Å². The van der Waals surface area contributed by atoms with E-state index in [4.69, 9.17) is 4.98 Å². The summed E-state index contributed by atoms with van der Waals surface area (Å²) in [6, 6.07) is 11.5. The lowest BCUT2D eigenvalue weighted by atomic mass is 10.1. The maximum atomic E-state index is 4.99. The number of hydrogen-bond acceptors (Lipinski definition) is 3. The molecular formula is C18H25N3. The van der Waals surface area contributed by atoms with Crippen molar-refractivity contribution in [3.05, 3.63) is 35.9 Å². The lowest BCUT2D eigenvalue weighted by molar-refractivity contribution is 0.704. The average molecular weight is 283 g/mol. The van der Waals surface area contributed by atoms with Crippen LogP contribution in [0.5, 0.6) is 0 Å². The minimum Gasteiger partial charge on any atom is -0.353 e. The lowest BCUT2D eigenvalue weighted by Gasteiger charge is -2.26. The molecule has 0 saturated heterocycles. The number of hydrogen-bond donors (Lipinski definition) is 1. The third-order valence-corrected chi connectivity index (χ3v) is 4.07. The Labute approximate surface area is 127 Å². The second-order valence-electron chi connectivity index (χ2n) is 5.87. The minimum atomic E-state index is 0.707. The third-order valence-electron chi connectivity index (χ3n) is 4.07. The Morgan fingerprint density at radius 1 is 1.24 bits per heavy atom. The largest absolute Gasteiger partial charge is 0.353 e. The van der Waals surface area contributed by atoms with Gasteiger partial charge in [0.15, 0.2) is 0 Å². The molecule has 112 valence electrons. The molecule has 2 aromatic rings. The standard InChI is InChI=1S/C18H25N3/c1-3-11-21(16-9-10-16)18-15(13-19-4-2)12-14-7-5-6-8-17(14)20-18/h5-8,12,16,19H,3-4,9-11,13H2,1-2H3. The van der Waals surface area contributed by atoms with Crippen molar-refractivity contribution in [3.63, 3.8) is 0 Å². The fourth-order valence-corrected chi connectivity index (χ4v) is 2.88. The molecule has 1 fully saturated rings. The van der Waals surface area contributed by atoms with E-state index in [9.17, 15) is 0 Å². The fraction of sp³-hybridized carbons (Fsp3) is 0.500. The van der Waals surface area contributed by atoms with Gasteiger partial charge in [0.05, 0.1) is 5.52 Å². The molecule has 1 N–H and O–H groups in total. The van der Waals surface area contributed by atoms with Crippen molar-refractivity contribution in [1.82, 2.24) is 10.3 Å². The number of nitrogens with zero attached hydrogens (tertiary/aromatic N) is 2. The number of pyridine rings is 1. The summed E-state index contributed by atoms with van der Waals surface area (Å²) in [6.07, 6.45) is 3.80. The smallest absolute Gasteiger partial charge is 0.134 e. The van der Waals surface area contributed by atoms with Crippen molar-refractivity contribution in [2.45, 2.75) is 45.7 Å². The van der Waals surface area contributed by atoms with Crippen LogP contribution in [0.4, 0.5) is 5.82 Å². The molecule has 0 amide bonds. The zero-order chi connectivity index (χ0) is 14.7. The van der Waals surface area contributed by atoms with Gasteiger partial charge < -0.3 is 10.2 Å². The Morgan fingerprint density at radius 2 is 2.05 bits per heavy atom. The van der Waals surface area contributed by atoms with Gasteiger partial charge >= 0.3 is 0 Å². The molecule has 3 rings (SSSR count). The van der Waals surface area contributed by atoms with Crippen LogP contribution in [-0.2, 0) is 6.54 Å². The van der Waals surface area contributed by atoms with Crippen LogP contribution < -0.4 is 10.2 Å². The highest BCUT2D eigenvalue weighted by Gasteiger charge is 2.30. The van der Waals surface area contributed by atoms with Crippen molar-refractivity contribution < 1.29 is 0 Å². The van der Waals surface area contributed by atoms with Gasteiger partial charge in [-0.15, -0.1) is 0 Å². The zero-order valence-corrected chi connectivity index (χ0v) is 13.1. The van der Waals surface area contributed by atoms with E-state index in [1.165, 1.54) is 36.0 Å². The molecular weight excluding hydrogens is 258 g/mol. The van der Waals surface area contributed by atoms with Crippen LogP contribution in [0.15, 0.2) is 30.3 Å². The summed E-state index contributed by atoms with van der Waals surface area (Å²) < 4.78 is 0. The van der Waals surface area contributed by atoms with Gasteiger partial charge in [-0.05, 0) is 37.9 Å². The van der Waals surface area contributed by atoms with E-state index in [-0.39, 0.29) is 0 Å². The number of benzene rings is 1. The van der Waals surface area contributed by atoms with E-state index in [1.807, 2.05) is 0 Å². The topological polar surface area (TPSA) is 28.2 Å². The van der Waals surface area contributed by atoms with Crippen molar-refractivity contribution in [1.29, 1.82) is 0 Å². The first-order valence-electron chi connectivity index (χ1n) is 8.19. The first kappa shape index (κ1) is 14.3. The highest BCUT2D eigenvalue weighted by molar-refractivity contribution is 5.82. The monoisotopic (exact) mass is 283 g/mol. The molecule has 1 aliphatic carbocycles. The molecule has 1 saturated carbocycles. The Hall–Kier alpha value is -1.61. The van der Waals surface area contributed by atoms with Gasteiger partial charge in [-0.25, -0.2) is 4.98 Å². The maximum Gasteiger partial charge on any atom is 0.134 e. The molecule has 3 nitrogen and oxygen atoms in total. The summed E-state index contributed by atoms with van der Waals surface area (Å²) in [5.41, 5.74) is 2.44. The number of rotatable bonds is 7. The zero-order valence-electron chi connectivity index (χ0n) is 13.1. The second-order valence-corrected chi connectivity index (χ2v) is 5.87. The Kier molecular flexibility index (Phi) is 4.39. The summed E-state index contributed by atoms with van der Waals surface area (Å²) in [5, 5.41) is 4.70. The summed E-state index contributed by atoms with van der Waals surface area (Å²) in [7, 11) is 0. The van der Waals surface area contributed by atoms with Crippen molar-refractivity contribution in [2.24, 2.45) is 0 Å². The lowest BCUT2D eigenvalue weighted by Crippen LogP contribution is -2.29. The quantitative estimate of drug-likeness (QED) is 0.839. The molecule has 21 heavy (non-hydrogen) atoms. The number of fused-ring (bicyclic) bond motifs is 1. The SMILES string of the molecule is CCCN(c1nc2ccccc2cc1CNCC)C1CC1. The molecule has 1 aliphatic rings. The fourth-order valence-electron chi connectivity index (χ4n) is 2.88. The van der Waals surface area contributed by atoms with Crippen LogP contribution in [0.2, 0.25) is 0 Å². The Balaban J connectivity index is 2.03. The summed E-state index contributed by atoms with van der Waals surface area (Å²) in [5.74, 6) is 1.19. The van der Waals surface area contributed by atoms with Crippen LogP contribution in [0.1, 0.15) is 38.7 Å². The average Bonchev–Trinajstić information content (AvgIpc) is 3.34. The molecule has 1 heterocycles. The van der Waals surface area contributed by atoms with Crippen LogP contribution in [0.25, 0.3) is 10.9 Å². The predicted octanol–water partition coefficient (Wildman–Crippen LogP) is 3.72. The minimum absolute atomic E-state index is 0.707. The van der Waals surface area contributed by atoms with Crippen molar-refractivity contribution in [2.75, 3.05) is 18.0 Å². The number of aromatic nitrogens is 1. The van der Waals surface area contributed by atoms with E-state index >= 15 is 0 Å². The first-order valence-corrected chi connectivity index (χ1v) is 8.19. The maximum absolute atomic E-state index is 4.99. The molecule has 0 bridgehead atoms. The van der Waals surface area contributed by atoms with E-state index in [0.29, 0.717) is 6.04 Å². The molecule has 1 aromatic heterocycles. The number of anilines is 1. The van der Waals surface area contributed by atoms with Crippen LogP contribution in [0.3, 0.4) is 0 Å². The molecule has 0 atom stereocenters. The summed E-state index contributed by atoms with van der Waals surface area (Å²) in [4.78, 5) is 7.52. The normalized spacial score (nSPS) is 14.6. The Morgan fingerprint density at radius 3 is 2.76 bits per heavy atom. The van der Waals surface area contributed by atoms with E-state index in [0.717, 1.165) is 25.2 Å². The van der Waals surface area contributed by atoms with Gasteiger partial charge in [-0.3, -0.25) is 0 Å². The van der Waals surface area contributed by atoms with E-state index in [2.05, 4.69) is 54.4 Å². The van der Waals surface area contributed by atoms with Crippen LogP contribution >= 0.6 is 0 Å². The van der Waals surface area contributed by atoms with Crippen LogP contribution in [-0.4, -0.2) is 24.1 Å². The first-order chi connectivity index (χ1) is 10.3. The van der Waals surface area contributed by atoms with Gasteiger partial charge in [0.2, 0.25) is 0 Å². The summed E-state index contributed by atoms with van der Waals surface area (Å²) in [6.45, 7) is 7.40. The molecule has 0 unspecified atom stereocenters. The van der Waals surface area contributed by atoms with Gasteiger partial charge in [0.25, 0.3) is 0 Å². The molecule has 0 radical (unpaired) electrons. The highest BCUT2D eigenvalue weighted by Crippen LogP contribution is 2.34. The molecule has 1 aromatic carbocycles. The summed E-state index contributed by atoms with van der Waals surface area (Å²) >= 11 is 0. The predicted molar refractivity (Wildman–Crippen MR) is 89.8 cm³/mol. The molecule has 0 spiro atoms. The van der Waals surface area contributed by atoms with Crippen molar-refractivity contribution in [3.8, 4) is 0 Å². The van der Waals surface area contributed by atoms with Crippen LogP contribution in [0, 0.1) is 0 Å². The highest BCUT2D eigenvalue weighted by atomic mass is 15.2. The molecule has 3 heteroatoms. The third kappa shape index (κ3) is 3.18. The van der Waals surface area contributed by atoms with Gasteiger partial charge in [-0.1, -0.05) is 32.0 Å². The number of nitrogens with one attached hydrogen (secondary N) is 1. The van der Waals surface area contributed by atoms with Gasteiger partial charge in [0.1, 0.15) is 5.82 Å². The van der Waals surface area contributed by atoms with Gasteiger partial charge in [0, 0.05) is 30.1 Å². The van der Waals surface area contributed by atoms with Gasteiger partial charge in [-0.2, -0.15) is 0 Å². The second kappa shape index (κ2) is 6.44. The molecule has 0 aliphatic heterocycles. The van der Waals surface area contributed by atoms with E-state index < -0.39 is 0 Å². The number of para-hydroxylation sites is 1.